The summed E-state index contributed by atoms with van der Waals surface area (Å²) in [6.07, 6.45) is 7.95. The minimum atomic E-state index is -0.326. The number of carbonyl (C=O) groups is 2. The van der Waals surface area contributed by atoms with Gasteiger partial charge in [-0.2, -0.15) is 0 Å². The van der Waals surface area contributed by atoms with Crippen LogP contribution in [-0.2, 0) is 9.59 Å². The van der Waals surface area contributed by atoms with Crippen molar-refractivity contribution in [2.45, 2.75) is 19.8 Å². The first-order valence-corrected chi connectivity index (χ1v) is 25.3. The van der Waals surface area contributed by atoms with Gasteiger partial charge in [-0.3, -0.25) is 9.59 Å². The van der Waals surface area contributed by atoms with Crippen LogP contribution in [0.4, 0.5) is 28.7 Å². The minimum Gasteiger partial charge on any atom is -0.490 e. The van der Waals surface area contributed by atoms with Crippen LogP contribution in [0.2, 0.25) is 15.3 Å². The van der Waals surface area contributed by atoms with Crippen molar-refractivity contribution >= 4 is 97.1 Å². The molecule has 2 amide bonds. The molecule has 6 aromatic carbocycles. The molecule has 8 aromatic rings. The smallest absolute Gasteiger partial charge is 0.247 e. The highest BCUT2D eigenvalue weighted by Gasteiger charge is 2.13. The summed E-state index contributed by atoms with van der Waals surface area (Å²) in [7, 11) is 7.87. The van der Waals surface area contributed by atoms with Gasteiger partial charge in [0, 0.05) is 75.4 Å². The van der Waals surface area contributed by atoms with E-state index in [0.717, 1.165) is 70.0 Å². The van der Waals surface area contributed by atoms with Gasteiger partial charge in [0.1, 0.15) is 24.7 Å². The van der Waals surface area contributed by atoms with Gasteiger partial charge in [0.15, 0.2) is 0 Å². The van der Waals surface area contributed by atoms with E-state index in [-0.39, 0.29) is 17.1 Å². The highest BCUT2D eigenvalue weighted by molar-refractivity contribution is 6.31. The van der Waals surface area contributed by atoms with E-state index < -0.39 is 0 Å². The molecule has 0 radical (unpaired) electrons. The van der Waals surface area contributed by atoms with Crippen molar-refractivity contribution < 1.29 is 24.2 Å². The van der Waals surface area contributed by atoms with Gasteiger partial charge in [-0.1, -0.05) is 110 Å². The first-order valence-electron chi connectivity index (χ1n) is 24.1. The molecular formula is C58H63Cl3N10O5. The molecule has 0 aliphatic carbocycles. The second-order valence-corrected chi connectivity index (χ2v) is 18.4. The molecule has 0 atom stereocenters. The number of likely N-dealkylation sites (N-methyl/N-ethyl adjacent to an activating group) is 2. The number of nitrogen functional groups attached to an aromatic ring is 1. The SMILES string of the molecule is C=CC(=O)Nc1cc(N)ccc1OCCN(C)C.C=CC(=O)Nc1cc(Nc2ncc3cccc(-c4cccc(Cl)c4)c3n2)ccc1OCCN(C)C.CCCCO.Clc1cccc(-c2cccc3cnc(Cl)nc23)c1. The number of fused-ring (bicyclic) bond motifs is 2. The van der Waals surface area contributed by atoms with Gasteiger partial charge in [-0.25, -0.2) is 19.9 Å². The highest BCUT2D eigenvalue weighted by Crippen LogP contribution is 2.33. The molecule has 0 bridgehead atoms. The standard InChI is InChI=1S/C27H26ClN5O2.C14H8Cl2N2.C13H19N3O2.C4H10O/c1-4-25(34)31-23-16-21(11-12-24(23)35-14-13-33(2)3)30-27-29-17-19-8-6-10-22(26(19)32-27)18-7-5-9-20(28)15-18;15-11-5-1-3-9(7-11)12-6-2-4-10-8-17-14(16)18-13(10)12;1-4-13(17)15-11-9-10(14)5-6-12(11)18-8-7-16(2)3;1-2-3-4-5/h4-12,15-17H,1,13-14H2,2-3H3,(H,31,34)(H,29,30,32);1-8H;4-6,9H,1,7-8,14H2,2-3H3,(H,15,17);5H,2-4H2,1H3. The molecule has 0 spiro atoms. The number of rotatable bonds is 18. The number of carbonyl (C=O) groups excluding carboxylic acids is 2. The van der Waals surface area contributed by atoms with Gasteiger partial charge in [0.05, 0.1) is 22.4 Å². The fraction of sp³-hybridized carbons (Fsp3) is 0.207. The van der Waals surface area contributed by atoms with Crippen LogP contribution < -0.4 is 31.2 Å². The van der Waals surface area contributed by atoms with Crippen LogP contribution in [0.25, 0.3) is 44.1 Å². The third-order valence-electron chi connectivity index (χ3n) is 10.7. The summed E-state index contributed by atoms with van der Waals surface area (Å²) < 4.78 is 11.5. The zero-order chi connectivity index (χ0) is 55.0. The summed E-state index contributed by atoms with van der Waals surface area (Å²) in [6.45, 7) is 11.9. The van der Waals surface area contributed by atoms with Crippen molar-refractivity contribution in [2.75, 3.05) is 82.8 Å². The zero-order valence-corrected chi connectivity index (χ0v) is 45.5. The molecule has 396 valence electrons. The van der Waals surface area contributed by atoms with Crippen molar-refractivity contribution in [3.63, 3.8) is 0 Å². The van der Waals surface area contributed by atoms with E-state index in [1.54, 1.807) is 42.7 Å². The number of nitrogens with two attached hydrogens (primary N) is 1. The predicted molar refractivity (Wildman–Crippen MR) is 313 cm³/mol. The fourth-order valence-corrected chi connectivity index (χ4v) is 7.38. The Bertz CT molecular complexity index is 3210. The van der Waals surface area contributed by atoms with Crippen LogP contribution >= 0.6 is 34.8 Å². The molecule has 0 fully saturated rings. The third kappa shape index (κ3) is 18.9. The van der Waals surface area contributed by atoms with Gasteiger partial charge >= 0.3 is 0 Å². The molecule has 0 unspecified atom stereocenters. The summed E-state index contributed by atoms with van der Waals surface area (Å²) >= 11 is 18.1. The average Bonchev–Trinajstić information content (AvgIpc) is 3.40. The molecule has 15 nitrogen and oxygen atoms in total. The molecule has 2 heterocycles. The van der Waals surface area contributed by atoms with Crippen LogP contribution in [-0.4, -0.2) is 108 Å². The second kappa shape index (κ2) is 30.7. The Morgan fingerprint density at radius 3 is 1.64 bits per heavy atom. The molecule has 0 aliphatic rings. The lowest BCUT2D eigenvalue weighted by atomic mass is 10.0. The number of nitrogens with one attached hydrogen (secondary N) is 3. The highest BCUT2D eigenvalue weighted by atomic mass is 35.5. The number of nitrogens with zero attached hydrogens (tertiary/aromatic N) is 6. The number of amides is 2. The van der Waals surface area contributed by atoms with Gasteiger partial charge < -0.3 is 46.1 Å². The summed E-state index contributed by atoms with van der Waals surface area (Å²) in [5.41, 5.74) is 13.6. The van der Waals surface area contributed by atoms with E-state index >= 15 is 0 Å². The topological polar surface area (TPSA) is 193 Å². The Labute approximate surface area is 459 Å². The number of hydrogen-bond acceptors (Lipinski definition) is 13. The van der Waals surface area contributed by atoms with Crippen LogP contribution in [0.15, 0.2) is 159 Å². The molecule has 0 aliphatic heterocycles. The molecular weight excluding hydrogens is 1020 g/mol. The first-order chi connectivity index (χ1) is 36.6. The normalized spacial score (nSPS) is 10.5. The number of hydrogen-bond donors (Lipinski definition) is 5. The van der Waals surface area contributed by atoms with Crippen molar-refractivity contribution in [1.29, 1.82) is 0 Å². The number of benzene rings is 6. The van der Waals surface area contributed by atoms with Gasteiger partial charge in [0.2, 0.25) is 23.0 Å². The van der Waals surface area contributed by atoms with Crippen LogP contribution in [0.1, 0.15) is 19.8 Å². The largest absolute Gasteiger partial charge is 0.490 e. The summed E-state index contributed by atoms with van der Waals surface area (Å²) in [5, 5.41) is 20.2. The Hall–Kier alpha value is -7.63. The average molecular weight is 1090 g/mol. The molecule has 0 saturated heterocycles. The second-order valence-electron chi connectivity index (χ2n) is 17.2. The Kier molecular flexibility index (Phi) is 23.9. The van der Waals surface area contributed by atoms with E-state index in [0.29, 0.717) is 70.1 Å². The maximum Gasteiger partial charge on any atom is 0.247 e. The van der Waals surface area contributed by atoms with E-state index in [1.807, 2.05) is 129 Å². The lowest BCUT2D eigenvalue weighted by molar-refractivity contribution is -0.112. The van der Waals surface area contributed by atoms with E-state index in [4.69, 9.17) is 60.1 Å². The maximum absolute atomic E-state index is 12.0. The quantitative estimate of drug-likeness (QED) is 0.0310. The molecule has 76 heavy (non-hydrogen) atoms. The number of unbranched alkanes of at least 4 members (excludes halogenated alkanes) is 1. The van der Waals surface area contributed by atoms with Crippen molar-refractivity contribution in [2.24, 2.45) is 0 Å². The minimum absolute atomic E-state index is 0.247. The maximum atomic E-state index is 12.0. The number of anilines is 5. The van der Waals surface area contributed by atoms with Gasteiger partial charge in [-0.15, -0.1) is 0 Å². The van der Waals surface area contributed by atoms with Crippen molar-refractivity contribution in [3.05, 3.63) is 174 Å². The van der Waals surface area contributed by atoms with E-state index in [1.165, 1.54) is 12.2 Å². The van der Waals surface area contributed by atoms with Gasteiger partial charge in [-0.05, 0) is 130 Å². The van der Waals surface area contributed by atoms with Crippen LogP contribution in [0.3, 0.4) is 0 Å². The molecule has 8 rings (SSSR count). The monoisotopic (exact) mass is 1080 g/mol. The number of aliphatic hydroxyl groups is 1. The summed E-state index contributed by atoms with van der Waals surface area (Å²) in [4.78, 5) is 44.8. The zero-order valence-electron chi connectivity index (χ0n) is 43.2. The summed E-state index contributed by atoms with van der Waals surface area (Å²) in [6, 6.07) is 37.8. The van der Waals surface area contributed by atoms with Crippen LogP contribution in [0, 0.1) is 0 Å². The predicted octanol–water partition coefficient (Wildman–Crippen LogP) is 12.5. The lowest BCUT2D eigenvalue weighted by Crippen LogP contribution is -2.20. The Morgan fingerprint density at radius 1 is 0.658 bits per heavy atom. The third-order valence-corrected chi connectivity index (χ3v) is 11.3. The van der Waals surface area contributed by atoms with Crippen LogP contribution in [0.5, 0.6) is 11.5 Å². The number of ether oxygens (including phenoxy) is 2. The Morgan fingerprint density at radius 2 is 1.16 bits per heavy atom. The fourth-order valence-electron chi connectivity index (χ4n) is 6.86. The number of halogens is 3. The van der Waals surface area contributed by atoms with Crippen molar-refractivity contribution in [1.82, 2.24) is 29.7 Å². The number of para-hydroxylation sites is 2. The summed E-state index contributed by atoms with van der Waals surface area (Å²) in [5.74, 6) is 0.969. The van der Waals surface area contributed by atoms with Gasteiger partial charge in [0.25, 0.3) is 0 Å². The molecule has 0 saturated carbocycles. The lowest BCUT2D eigenvalue weighted by Gasteiger charge is -2.16. The van der Waals surface area contributed by atoms with Crippen molar-refractivity contribution in [3.8, 4) is 33.8 Å². The molecule has 6 N–H and O–H groups in total. The molecule has 2 aromatic heterocycles. The Balaban J connectivity index is 0.000000218. The first kappa shape index (κ1) is 59.2. The number of aliphatic hydroxyl groups excluding tert-OH is 1. The molecule has 18 heteroatoms. The van der Waals surface area contributed by atoms with E-state index in [9.17, 15) is 9.59 Å². The van der Waals surface area contributed by atoms with E-state index in [2.05, 4.69) is 51.0 Å². The number of aromatic nitrogens is 4.